The molecule has 0 atom stereocenters. The van der Waals surface area contributed by atoms with Crippen molar-refractivity contribution in [2.24, 2.45) is 0 Å². The summed E-state index contributed by atoms with van der Waals surface area (Å²) in [6.07, 6.45) is -0.983. The number of carbonyl (C=O) groups excluding carboxylic acids is 1. The maximum atomic E-state index is 12.3. The molecular weight excluding hydrogens is 513 g/mol. The molecule has 0 radical (unpaired) electrons. The molecule has 0 bridgehead atoms. The quantitative estimate of drug-likeness (QED) is 0.410. The largest absolute Gasteiger partial charge is 0.494 e. The van der Waals surface area contributed by atoms with E-state index in [0.29, 0.717) is 37.9 Å². The summed E-state index contributed by atoms with van der Waals surface area (Å²) in [6.45, 7) is 7.23. The number of ether oxygens (including phenoxy) is 2. The minimum Gasteiger partial charge on any atom is -0.494 e. The van der Waals surface area contributed by atoms with Crippen molar-refractivity contribution in [2.45, 2.75) is 26.6 Å². The maximum absolute atomic E-state index is 12.3. The Kier molecular flexibility index (Phi) is 9.18. The highest BCUT2D eigenvalue weighted by Gasteiger charge is 2.28. The Hall–Kier alpha value is -3.93. The van der Waals surface area contributed by atoms with Gasteiger partial charge in [0.05, 0.1) is 19.4 Å². The van der Waals surface area contributed by atoms with Crippen LogP contribution < -0.4 is 19.7 Å². The average Bonchev–Trinajstić information content (AvgIpc) is 2.92. The number of piperazine rings is 1. The first-order valence-electron chi connectivity index (χ1n) is 12.7. The number of benzene rings is 1. The molecule has 1 fully saturated rings. The summed E-state index contributed by atoms with van der Waals surface area (Å²) in [7, 11) is 0. The minimum absolute atomic E-state index is 0.159. The van der Waals surface area contributed by atoms with Gasteiger partial charge in [-0.05, 0) is 61.4 Å². The first kappa shape index (κ1) is 28.1. The Balaban J connectivity index is 1.38. The van der Waals surface area contributed by atoms with Gasteiger partial charge < -0.3 is 19.7 Å². The fraction of sp³-hybridized carbons (Fsp3) is 0.407. The van der Waals surface area contributed by atoms with Crippen LogP contribution in [0.3, 0.4) is 0 Å². The lowest BCUT2D eigenvalue weighted by molar-refractivity contribution is -0.123. The predicted octanol–water partition coefficient (Wildman–Crippen LogP) is 3.95. The molecule has 9 nitrogen and oxygen atoms in total. The second kappa shape index (κ2) is 12.7. The van der Waals surface area contributed by atoms with Crippen LogP contribution in [0.15, 0.2) is 48.8 Å². The van der Waals surface area contributed by atoms with Crippen molar-refractivity contribution in [3.8, 4) is 22.6 Å². The molecule has 208 valence electrons. The summed E-state index contributed by atoms with van der Waals surface area (Å²) in [5.41, 5.74) is 2.90. The molecule has 3 heterocycles. The van der Waals surface area contributed by atoms with Gasteiger partial charge in [-0.15, -0.1) is 10.2 Å². The maximum Gasteiger partial charge on any atom is 0.405 e. The monoisotopic (exact) mass is 544 g/mol. The molecule has 4 rings (SSSR count). The Bertz CT molecular complexity index is 1250. The van der Waals surface area contributed by atoms with Crippen LogP contribution in [0, 0.1) is 0 Å². The molecule has 0 aliphatic carbocycles. The van der Waals surface area contributed by atoms with Crippen LogP contribution in [0.4, 0.5) is 19.0 Å². The molecule has 1 aliphatic rings. The van der Waals surface area contributed by atoms with Crippen molar-refractivity contribution in [3.05, 3.63) is 60.0 Å². The lowest BCUT2D eigenvalue weighted by Crippen LogP contribution is -2.46. The third-order valence-corrected chi connectivity index (χ3v) is 6.07. The highest BCUT2D eigenvalue weighted by atomic mass is 19.4. The number of amides is 1. The van der Waals surface area contributed by atoms with E-state index < -0.39 is 18.6 Å². The summed E-state index contributed by atoms with van der Waals surface area (Å²) in [5, 5.41) is 9.67. The zero-order valence-corrected chi connectivity index (χ0v) is 21.9. The standard InChI is InChI=1S/C27H31F3N6O3/c1-3-38-22-12-19(11-20(13-22)21-14-23(39-4-2)16-31-15-21)17-35-7-9-36(10-8-35)25-6-5-24(33-34-25)26(37)32-18-27(28,29)30/h5-6,11-16H,3-4,7-10,17-18H2,1-2H3,(H,32,37). The molecular formula is C27H31F3N6O3. The van der Waals surface area contributed by atoms with E-state index in [2.05, 4.69) is 26.1 Å². The number of carbonyl (C=O) groups is 1. The fourth-order valence-electron chi connectivity index (χ4n) is 4.27. The van der Waals surface area contributed by atoms with Crippen LogP contribution in [0.5, 0.6) is 11.5 Å². The van der Waals surface area contributed by atoms with E-state index in [0.717, 1.165) is 42.1 Å². The highest BCUT2D eigenvalue weighted by Crippen LogP contribution is 2.29. The van der Waals surface area contributed by atoms with Crippen LogP contribution in [0.1, 0.15) is 29.9 Å². The van der Waals surface area contributed by atoms with Crippen molar-refractivity contribution >= 4 is 11.7 Å². The number of pyridine rings is 1. The molecule has 2 aromatic heterocycles. The normalized spacial score (nSPS) is 14.2. The van der Waals surface area contributed by atoms with E-state index >= 15 is 0 Å². The second-order valence-electron chi connectivity index (χ2n) is 8.98. The number of hydrogen-bond donors (Lipinski definition) is 1. The van der Waals surface area contributed by atoms with Crippen LogP contribution in [-0.2, 0) is 6.54 Å². The molecule has 1 N–H and O–H groups in total. The van der Waals surface area contributed by atoms with Crippen molar-refractivity contribution in [1.29, 1.82) is 0 Å². The van der Waals surface area contributed by atoms with Gasteiger partial charge in [-0.3, -0.25) is 14.7 Å². The third kappa shape index (κ3) is 8.03. The topological polar surface area (TPSA) is 92.7 Å². The molecule has 12 heteroatoms. The van der Waals surface area contributed by atoms with Gasteiger partial charge in [-0.2, -0.15) is 13.2 Å². The Labute approximate surface area is 225 Å². The minimum atomic E-state index is -4.49. The molecule has 1 amide bonds. The number of hydrogen-bond acceptors (Lipinski definition) is 8. The van der Waals surface area contributed by atoms with Gasteiger partial charge in [0.2, 0.25) is 0 Å². The van der Waals surface area contributed by atoms with Crippen molar-refractivity contribution in [1.82, 2.24) is 25.4 Å². The Morgan fingerprint density at radius 1 is 0.923 bits per heavy atom. The van der Waals surface area contributed by atoms with Crippen molar-refractivity contribution in [3.63, 3.8) is 0 Å². The lowest BCUT2D eigenvalue weighted by atomic mass is 10.0. The summed E-state index contributed by atoms with van der Waals surface area (Å²) < 4.78 is 48.4. The molecule has 0 spiro atoms. The van der Waals surface area contributed by atoms with Crippen LogP contribution in [0.2, 0.25) is 0 Å². The van der Waals surface area contributed by atoms with Crippen molar-refractivity contribution < 1.29 is 27.4 Å². The van der Waals surface area contributed by atoms with E-state index in [1.54, 1.807) is 17.6 Å². The van der Waals surface area contributed by atoms with Gasteiger partial charge in [-0.25, -0.2) is 0 Å². The van der Waals surface area contributed by atoms with Gasteiger partial charge in [0.25, 0.3) is 5.91 Å². The molecule has 0 unspecified atom stereocenters. The first-order chi connectivity index (χ1) is 18.7. The molecule has 39 heavy (non-hydrogen) atoms. The van der Waals surface area contributed by atoms with E-state index in [1.807, 2.05) is 43.1 Å². The smallest absolute Gasteiger partial charge is 0.405 e. The summed E-state index contributed by atoms with van der Waals surface area (Å²) in [5.74, 6) is 1.17. The van der Waals surface area contributed by atoms with Crippen molar-refractivity contribution in [2.75, 3.05) is 50.8 Å². The van der Waals surface area contributed by atoms with Crippen LogP contribution in [0.25, 0.3) is 11.1 Å². The second-order valence-corrected chi connectivity index (χ2v) is 8.98. The first-order valence-corrected chi connectivity index (χ1v) is 12.7. The number of alkyl halides is 3. The lowest BCUT2D eigenvalue weighted by Gasteiger charge is -2.35. The summed E-state index contributed by atoms with van der Waals surface area (Å²) in [4.78, 5) is 20.5. The molecule has 3 aromatic rings. The van der Waals surface area contributed by atoms with E-state index in [-0.39, 0.29) is 5.69 Å². The van der Waals surface area contributed by atoms with Gasteiger partial charge >= 0.3 is 6.18 Å². The van der Waals surface area contributed by atoms with Gasteiger partial charge in [0.1, 0.15) is 18.0 Å². The SMILES string of the molecule is CCOc1cncc(-c2cc(CN3CCN(c4ccc(C(=O)NCC(F)(F)F)nn4)CC3)cc(OCC)c2)c1. The van der Waals surface area contributed by atoms with E-state index in [4.69, 9.17) is 9.47 Å². The van der Waals surface area contributed by atoms with E-state index in [1.165, 1.54) is 6.07 Å². The number of nitrogens with one attached hydrogen (secondary N) is 1. The molecule has 1 aromatic carbocycles. The van der Waals surface area contributed by atoms with Crippen LogP contribution in [-0.4, -0.2) is 78.1 Å². The zero-order valence-electron chi connectivity index (χ0n) is 21.9. The summed E-state index contributed by atoms with van der Waals surface area (Å²) in [6, 6.07) is 11.1. The highest BCUT2D eigenvalue weighted by molar-refractivity contribution is 5.92. The van der Waals surface area contributed by atoms with Crippen LogP contribution >= 0.6 is 0 Å². The molecule has 1 saturated heterocycles. The zero-order chi connectivity index (χ0) is 27.8. The van der Waals surface area contributed by atoms with E-state index in [9.17, 15) is 18.0 Å². The Morgan fingerprint density at radius 3 is 2.31 bits per heavy atom. The molecule has 1 aliphatic heterocycles. The van der Waals surface area contributed by atoms with Gasteiger partial charge in [0, 0.05) is 44.5 Å². The third-order valence-electron chi connectivity index (χ3n) is 6.07. The average molecular weight is 545 g/mol. The number of nitrogens with zero attached hydrogens (tertiary/aromatic N) is 5. The molecule has 0 saturated carbocycles. The predicted molar refractivity (Wildman–Crippen MR) is 140 cm³/mol. The number of aromatic nitrogens is 3. The number of halogens is 3. The Morgan fingerprint density at radius 2 is 1.64 bits per heavy atom. The number of anilines is 1. The number of rotatable bonds is 10. The van der Waals surface area contributed by atoms with Gasteiger partial charge in [-0.1, -0.05) is 0 Å². The fourth-order valence-corrected chi connectivity index (χ4v) is 4.27. The van der Waals surface area contributed by atoms with Gasteiger partial charge in [0.15, 0.2) is 11.5 Å². The summed E-state index contributed by atoms with van der Waals surface area (Å²) >= 11 is 0.